The molecule has 1 saturated carbocycles. The zero-order valence-corrected chi connectivity index (χ0v) is 23.2. The predicted molar refractivity (Wildman–Crippen MR) is 148 cm³/mol. The van der Waals surface area contributed by atoms with Crippen LogP contribution in [0.1, 0.15) is 89.0 Å². The quantitative estimate of drug-likeness (QED) is 0.555. The zero-order chi connectivity index (χ0) is 25.3. The standard InChI is InChI=1S/C29H44N4O2S/c1-21-16-22(2)19-31(18-21)13-9-14-33-27(34)25-17-26-24(12-15-36-26)32(25)20-29(33,3)28(35)30-23-10-7-5-4-6-8-11-23/h12,15,17,21-23H,4-11,13-14,16,18-20H2,1-3H3,(H,30,35). The molecular weight excluding hydrogens is 468 g/mol. The molecule has 0 bridgehead atoms. The summed E-state index contributed by atoms with van der Waals surface area (Å²) in [5.41, 5.74) is 0.917. The zero-order valence-electron chi connectivity index (χ0n) is 22.4. The molecule has 2 aliphatic heterocycles. The van der Waals surface area contributed by atoms with E-state index in [4.69, 9.17) is 0 Å². The third kappa shape index (κ3) is 5.24. The van der Waals surface area contributed by atoms with Crippen LogP contribution < -0.4 is 5.32 Å². The summed E-state index contributed by atoms with van der Waals surface area (Å²) in [6, 6.07) is 4.32. The molecule has 1 saturated heterocycles. The highest BCUT2D eigenvalue weighted by Crippen LogP contribution is 2.35. The molecule has 0 spiro atoms. The number of piperidine rings is 1. The van der Waals surface area contributed by atoms with Crippen molar-refractivity contribution >= 4 is 33.4 Å². The van der Waals surface area contributed by atoms with Gasteiger partial charge in [-0.05, 0) is 68.5 Å². The number of nitrogens with zero attached hydrogens (tertiary/aromatic N) is 3. The summed E-state index contributed by atoms with van der Waals surface area (Å²) in [6.45, 7) is 11.1. The normalized spacial score (nSPS) is 28.6. The van der Waals surface area contributed by atoms with Crippen LogP contribution in [0.25, 0.3) is 10.2 Å². The van der Waals surface area contributed by atoms with Crippen LogP contribution in [-0.2, 0) is 11.3 Å². The summed E-state index contributed by atoms with van der Waals surface area (Å²) in [7, 11) is 0. The van der Waals surface area contributed by atoms with Gasteiger partial charge in [0.05, 0.1) is 16.8 Å². The van der Waals surface area contributed by atoms with Gasteiger partial charge in [-0.2, -0.15) is 0 Å². The molecule has 1 aliphatic carbocycles. The van der Waals surface area contributed by atoms with Crippen LogP contribution in [0.2, 0.25) is 0 Å². The molecule has 3 atom stereocenters. The number of hydrogen-bond acceptors (Lipinski definition) is 4. The Hall–Kier alpha value is -1.86. The second-order valence-corrected chi connectivity index (χ2v) is 13.0. The van der Waals surface area contributed by atoms with Crippen molar-refractivity contribution in [3.63, 3.8) is 0 Å². The molecule has 0 aromatic carbocycles. The van der Waals surface area contributed by atoms with E-state index in [1.54, 1.807) is 11.3 Å². The first-order valence-electron chi connectivity index (χ1n) is 14.3. The van der Waals surface area contributed by atoms with Gasteiger partial charge in [-0.25, -0.2) is 0 Å². The van der Waals surface area contributed by atoms with Crippen molar-refractivity contribution in [3.05, 3.63) is 23.2 Å². The maximum Gasteiger partial charge on any atom is 0.271 e. The first kappa shape index (κ1) is 25.8. The molecule has 1 N–H and O–H groups in total. The van der Waals surface area contributed by atoms with Gasteiger partial charge in [-0.15, -0.1) is 11.3 Å². The lowest BCUT2D eigenvalue weighted by Crippen LogP contribution is -2.65. The Labute approximate surface area is 220 Å². The number of likely N-dealkylation sites (tertiary alicyclic amines) is 1. The van der Waals surface area contributed by atoms with Gasteiger partial charge in [0.25, 0.3) is 5.91 Å². The molecule has 2 amide bonds. The molecule has 2 aromatic rings. The van der Waals surface area contributed by atoms with Gasteiger partial charge in [-0.3, -0.25) is 9.59 Å². The number of amides is 2. The van der Waals surface area contributed by atoms with Crippen LogP contribution in [-0.4, -0.2) is 63.9 Å². The van der Waals surface area contributed by atoms with Crippen LogP contribution in [0.4, 0.5) is 0 Å². The molecule has 6 nitrogen and oxygen atoms in total. The van der Waals surface area contributed by atoms with Gasteiger partial charge in [-0.1, -0.05) is 46.0 Å². The highest BCUT2D eigenvalue weighted by molar-refractivity contribution is 7.17. The largest absolute Gasteiger partial charge is 0.351 e. The highest BCUT2D eigenvalue weighted by atomic mass is 32.1. The van der Waals surface area contributed by atoms with Crippen molar-refractivity contribution in [2.75, 3.05) is 26.2 Å². The molecule has 36 heavy (non-hydrogen) atoms. The summed E-state index contributed by atoms with van der Waals surface area (Å²) >= 11 is 1.66. The van der Waals surface area contributed by atoms with E-state index in [0.29, 0.717) is 13.1 Å². The molecular formula is C29H44N4O2S. The number of aromatic nitrogens is 1. The minimum atomic E-state index is -0.886. The van der Waals surface area contributed by atoms with Crippen molar-refractivity contribution in [1.82, 2.24) is 19.7 Å². The fourth-order valence-corrected chi connectivity index (χ4v) is 7.81. The minimum Gasteiger partial charge on any atom is -0.351 e. The number of nitrogens with one attached hydrogen (secondary N) is 1. The van der Waals surface area contributed by atoms with Crippen LogP contribution in [0.3, 0.4) is 0 Å². The van der Waals surface area contributed by atoms with Crippen molar-refractivity contribution in [3.8, 4) is 0 Å². The maximum atomic E-state index is 14.0. The Morgan fingerprint density at radius 3 is 2.50 bits per heavy atom. The van der Waals surface area contributed by atoms with Crippen LogP contribution in [0.5, 0.6) is 0 Å². The summed E-state index contributed by atoms with van der Waals surface area (Å²) < 4.78 is 3.22. The van der Waals surface area contributed by atoms with Crippen molar-refractivity contribution in [1.29, 1.82) is 0 Å². The van der Waals surface area contributed by atoms with E-state index in [2.05, 4.69) is 40.1 Å². The lowest BCUT2D eigenvalue weighted by Gasteiger charge is -2.45. The van der Waals surface area contributed by atoms with Crippen molar-refractivity contribution in [2.24, 2.45) is 11.8 Å². The second kappa shape index (κ2) is 10.9. The molecule has 3 aliphatic rings. The third-order valence-corrected chi connectivity index (χ3v) is 9.63. The first-order chi connectivity index (χ1) is 17.3. The number of thiophene rings is 1. The number of rotatable bonds is 6. The fourth-order valence-electron chi connectivity index (χ4n) is 6.99. The number of hydrogen-bond donors (Lipinski definition) is 1. The number of fused-ring (bicyclic) bond motifs is 3. The Bertz CT molecular complexity index is 1060. The van der Waals surface area contributed by atoms with E-state index < -0.39 is 5.54 Å². The van der Waals surface area contributed by atoms with E-state index in [0.717, 1.165) is 66.6 Å². The molecule has 2 fully saturated rings. The Kier molecular flexibility index (Phi) is 7.78. The Balaban J connectivity index is 1.35. The van der Waals surface area contributed by atoms with Gasteiger partial charge < -0.3 is 19.7 Å². The number of carbonyl (C=O) groups is 2. The van der Waals surface area contributed by atoms with E-state index in [9.17, 15) is 9.59 Å². The Morgan fingerprint density at radius 1 is 1.08 bits per heavy atom. The van der Waals surface area contributed by atoms with E-state index in [1.165, 1.54) is 38.5 Å². The summed E-state index contributed by atoms with van der Waals surface area (Å²) in [4.78, 5) is 32.3. The lowest BCUT2D eigenvalue weighted by molar-refractivity contribution is -0.133. The third-order valence-electron chi connectivity index (χ3n) is 8.78. The lowest BCUT2D eigenvalue weighted by atomic mass is 9.91. The topological polar surface area (TPSA) is 57.6 Å². The van der Waals surface area contributed by atoms with Gasteiger partial charge in [0.1, 0.15) is 11.2 Å². The van der Waals surface area contributed by atoms with Crippen LogP contribution in [0.15, 0.2) is 17.5 Å². The van der Waals surface area contributed by atoms with E-state index in [-0.39, 0.29) is 17.9 Å². The molecule has 198 valence electrons. The van der Waals surface area contributed by atoms with Crippen molar-refractivity contribution in [2.45, 2.75) is 96.7 Å². The average molecular weight is 513 g/mol. The number of carbonyl (C=O) groups excluding carboxylic acids is 2. The maximum absolute atomic E-state index is 14.0. The predicted octanol–water partition coefficient (Wildman–Crippen LogP) is 5.51. The summed E-state index contributed by atoms with van der Waals surface area (Å²) in [5, 5.41) is 5.48. The summed E-state index contributed by atoms with van der Waals surface area (Å²) in [6.07, 6.45) is 10.5. The van der Waals surface area contributed by atoms with Crippen LogP contribution >= 0.6 is 11.3 Å². The van der Waals surface area contributed by atoms with Gasteiger partial charge >= 0.3 is 0 Å². The minimum absolute atomic E-state index is 0.000321. The van der Waals surface area contributed by atoms with Gasteiger partial charge in [0.2, 0.25) is 5.91 Å². The molecule has 2 aromatic heterocycles. The molecule has 7 heteroatoms. The summed E-state index contributed by atoms with van der Waals surface area (Å²) in [5.74, 6) is 1.47. The first-order valence-corrected chi connectivity index (χ1v) is 15.1. The highest BCUT2D eigenvalue weighted by Gasteiger charge is 2.48. The monoisotopic (exact) mass is 512 g/mol. The smallest absolute Gasteiger partial charge is 0.271 e. The van der Waals surface area contributed by atoms with E-state index >= 15 is 0 Å². The van der Waals surface area contributed by atoms with Crippen LogP contribution in [0, 0.1) is 11.8 Å². The second-order valence-electron chi connectivity index (χ2n) is 12.1. The molecule has 4 heterocycles. The fraction of sp³-hybridized carbons (Fsp3) is 0.724. The molecule has 0 radical (unpaired) electrons. The van der Waals surface area contributed by atoms with Gasteiger partial charge in [0.15, 0.2) is 0 Å². The molecule has 5 rings (SSSR count). The average Bonchev–Trinajstić information content (AvgIpc) is 3.39. The molecule has 3 unspecified atom stereocenters. The Morgan fingerprint density at radius 2 is 1.78 bits per heavy atom. The SMILES string of the molecule is CC1CC(C)CN(CCCN2C(=O)c3cc4sccc4n3CC2(C)C(=O)NC2CCCCCCC2)C1. The van der Waals surface area contributed by atoms with Gasteiger partial charge in [0, 0.05) is 25.7 Å². The van der Waals surface area contributed by atoms with E-state index in [1.807, 2.05) is 17.9 Å². The van der Waals surface area contributed by atoms with Crippen molar-refractivity contribution < 1.29 is 9.59 Å².